The number of fused-ring (bicyclic) bond motifs is 1. The molecule has 4 aliphatic rings. The predicted octanol–water partition coefficient (Wildman–Crippen LogP) is 1.39. The number of rotatable bonds is 3. The predicted molar refractivity (Wildman–Crippen MR) is 79.1 cm³/mol. The van der Waals surface area contributed by atoms with Crippen molar-refractivity contribution >= 4 is 15.9 Å². The molecule has 1 amide bonds. The Morgan fingerprint density at radius 3 is 2.48 bits per heavy atom. The van der Waals surface area contributed by atoms with Crippen LogP contribution in [0.2, 0.25) is 0 Å². The maximum atomic E-state index is 12.9. The van der Waals surface area contributed by atoms with E-state index in [4.69, 9.17) is 0 Å². The Balaban J connectivity index is 1.67. The third-order valence-corrected chi connectivity index (χ3v) is 7.61. The Kier molecular flexibility index (Phi) is 3.12. The van der Waals surface area contributed by atoms with Crippen molar-refractivity contribution in [1.82, 2.24) is 9.62 Å². The van der Waals surface area contributed by atoms with E-state index < -0.39 is 15.4 Å². The monoisotopic (exact) mass is 312 g/mol. The van der Waals surface area contributed by atoms with E-state index in [0.717, 1.165) is 51.4 Å². The molecule has 4 fully saturated rings. The van der Waals surface area contributed by atoms with E-state index in [-0.39, 0.29) is 23.7 Å². The molecule has 1 saturated heterocycles. The molecule has 1 N–H and O–H groups in total. The zero-order valence-corrected chi connectivity index (χ0v) is 13.2. The van der Waals surface area contributed by atoms with Crippen LogP contribution < -0.4 is 5.32 Å². The van der Waals surface area contributed by atoms with Gasteiger partial charge in [-0.1, -0.05) is 12.8 Å². The molecule has 0 aromatic heterocycles. The van der Waals surface area contributed by atoms with Crippen LogP contribution in [0.15, 0.2) is 0 Å². The smallest absolute Gasteiger partial charge is 0.228 e. The van der Waals surface area contributed by atoms with Crippen molar-refractivity contribution in [2.45, 2.75) is 75.9 Å². The summed E-state index contributed by atoms with van der Waals surface area (Å²) in [6.07, 6.45) is 8.42. The molecule has 118 valence electrons. The maximum Gasteiger partial charge on any atom is 0.228 e. The van der Waals surface area contributed by atoms with Gasteiger partial charge in [-0.15, -0.1) is 0 Å². The van der Waals surface area contributed by atoms with Crippen molar-refractivity contribution < 1.29 is 13.2 Å². The molecule has 1 heterocycles. The summed E-state index contributed by atoms with van der Waals surface area (Å²) in [5.74, 6) is 0.285. The summed E-state index contributed by atoms with van der Waals surface area (Å²) in [6.45, 7) is 0. The highest BCUT2D eigenvalue weighted by molar-refractivity contribution is 7.89. The third-order valence-electron chi connectivity index (χ3n) is 5.69. The molecule has 3 saturated carbocycles. The van der Waals surface area contributed by atoms with Crippen LogP contribution in [0.25, 0.3) is 0 Å². The van der Waals surface area contributed by atoms with E-state index in [0.29, 0.717) is 12.5 Å². The number of carbonyl (C=O) groups is 1. The van der Waals surface area contributed by atoms with E-state index in [1.165, 1.54) is 0 Å². The number of carbonyl (C=O) groups excluding carboxylic acids is 1. The van der Waals surface area contributed by atoms with Crippen LogP contribution in [-0.2, 0) is 14.8 Å². The molecule has 6 heteroatoms. The molecule has 0 aromatic rings. The Labute approximate surface area is 126 Å². The van der Waals surface area contributed by atoms with Crippen LogP contribution in [-0.4, -0.2) is 42.5 Å². The van der Waals surface area contributed by atoms with Crippen LogP contribution in [0, 0.1) is 5.41 Å². The second kappa shape index (κ2) is 4.69. The first-order valence-corrected chi connectivity index (χ1v) is 9.96. The largest absolute Gasteiger partial charge is 0.353 e. The van der Waals surface area contributed by atoms with Crippen molar-refractivity contribution in [3.05, 3.63) is 0 Å². The second-order valence-electron chi connectivity index (χ2n) is 7.29. The van der Waals surface area contributed by atoms with Gasteiger partial charge in [0.2, 0.25) is 15.9 Å². The topological polar surface area (TPSA) is 66.5 Å². The van der Waals surface area contributed by atoms with Crippen LogP contribution in [0.5, 0.6) is 0 Å². The highest BCUT2D eigenvalue weighted by atomic mass is 32.2. The SMILES string of the molecule is O=C(NC1CC1)[C@@]12CCCC[C@H]1N(C1CC1)S(=O)(=O)CC2. The minimum atomic E-state index is -3.16. The van der Waals surface area contributed by atoms with Crippen molar-refractivity contribution in [2.75, 3.05) is 5.75 Å². The van der Waals surface area contributed by atoms with Crippen molar-refractivity contribution in [2.24, 2.45) is 5.41 Å². The van der Waals surface area contributed by atoms with Gasteiger partial charge in [-0.3, -0.25) is 4.79 Å². The van der Waals surface area contributed by atoms with Crippen LogP contribution in [0.4, 0.5) is 0 Å². The number of sulfonamides is 1. The van der Waals surface area contributed by atoms with Crippen molar-refractivity contribution in [3.8, 4) is 0 Å². The molecule has 0 aromatic carbocycles. The van der Waals surface area contributed by atoms with Crippen LogP contribution in [0.1, 0.15) is 57.8 Å². The lowest BCUT2D eigenvalue weighted by atomic mass is 9.67. The number of amides is 1. The molecule has 21 heavy (non-hydrogen) atoms. The molecule has 2 atom stereocenters. The first kappa shape index (κ1) is 14.0. The van der Waals surface area contributed by atoms with Gasteiger partial charge < -0.3 is 5.32 Å². The summed E-state index contributed by atoms with van der Waals surface area (Å²) in [4.78, 5) is 12.9. The number of hydrogen-bond donors (Lipinski definition) is 1. The molecule has 1 aliphatic heterocycles. The van der Waals surface area contributed by atoms with Crippen molar-refractivity contribution in [1.29, 1.82) is 0 Å². The highest BCUT2D eigenvalue weighted by Crippen LogP contribution is 2.50. The summed E-state index contributed by atoms with van der Waals surface area (Å²) >= 11 is 0. The highest BCUT2D eigenvalue weighted by Gasteiger charge is 2.58. The minimum absolute atomic E-state index is 0.0868. The lowest BCUT2D eigenvalue weighted by Crippen LogP contribution is -2.63. The lowest BCUT2D eigenvalue weighted by molar-refractivity contribution is -0.137. The van der Waals surface area contributed by atoms with Gasteiger partial charge in [0.15, 0.2) is 0 Å². The Morgan fingerprint density at radius 1 is 1.05 bits per heavy atom. The summed E-state index contributed by atoms with van der Waals surface area (Å²) in [5.41, 5.74) is -0.450. The summed E-state index contributed by atoms with van der Waals surface area (Å²) in [6, 6.07) is 0.435. The standard InChI is InChI=1S/C15H24N2O3S/c18-14(16-11-4-5-11)15-8-2-1-3-13(15)17(12-6-7-12)21(19,20)10-9-15/h11-13H,1-10H2,(H,16,18)/t13-,15-/m1/s1. The first-order chi connectivity index (χ1) is 10.0. The van der Waals surface area contributed by atoms with E-state index in [9.17, 15) is 13.2 Å². The van der Waals surface area contributed by atoms with Gasteiger partial charge in [-0.2, -0.15) is 4.31 Å². The third kappa shape index (κ3) is 2.31. The van der Waals surface area contributed by atoms with Crippen LogP contribution >= 0.6 is 0 Å². The summed E-state index contributed by atoms with van der Waals surface area (Å²) in [7, 11) is -3.16. The molecular weight excluding hydrogens is 288 g/mol. The first-order valence-electron chi connectivity index (χ1n) is 8.35. The zero-order valence-electron chi connectivity index (χ0n) is 12.4. The number of nitrogens with zero attached hydrogens (tertiary/aromatic N) is 1. The summed E-state index contributed by atoms with van der Waals surface area (Å²) in [5, 5.41) is 3.16. The molecular formula is C15H24N2O3S. The van der Waals surface area contributed by atoms with Gasteiger partial charge in [0.25, 0.3) is 0 Å². The van der Waals surface area contributed by atoms with E-state index >= 15 is 0 Å². The minimum Gasteiger partial charge on any atom is -0.353 e. The fourth-order valence-corrected chi connectivity index (χ4v) is 6.43. The van der Waals surface area contributed by atoms with E-state index in [1.54, 1.807) is 4.31 Å². The maximum absolute atomic E-state index is 12.9. The molecule has 0 unspecified atom stereocenters. The zero-order chi connectivity index (χ0) is 14.7. The molecule has 5 nitrogen and oxygen atoms in total. The molecule has 0 bridgehead atoms. The Morgan fingerprint density at radius 2 is 1.81 bits per heavy atom. The van der Waals surface area contributed by atoms with Gasteiger partial charge in [0.1, 0.15) is 0 Å². The van der Waals surface area contributed by atoms with Gasteiger partial charge in [0.05, 0.1) is 11.2 Å². The second-order valence-corrected chi connectivity index (χ2v) is 9.29. The molecule has 3 aliphatic carbocycles. The van der Waals surface area contributed by atoms with Crippen molar-refractivity contribution in [3.63, 3.8) is 0 Å². The van der Waals surface area contributed by atoms with Gasteiger partial charge in [0, 0.05) is 18.1 Å². The van der Waals surface area contributed by atoms with E-state index in [1.807, 2.05) is 0 Å². The molecule has 0 spiro atoms. The number of hydrogen-bond acceptors (Lipinski definition) is 3. The number of nitrogens with one attached hydrogen (secondary N) is 1. The molecule has 0 radical (unpaired) electrons. The Hall–Kier alpha value is -0.620. The lowest BCUT2D eigenvalue weighted by Gasteiger charge is -2.51. The molecule has 4 rings (SSSR count). The quantitative estimate of drug-likeness (QED) is 0.856. The summed E-state index contributed by atoms with van der Waals surface area (Å²) < 4.78 is 26.8. The fraction of sp³-hybridized carbons (Fsp3) is 0.933. The average molecular weight is 312 g/mol. The van der Waals surface area contributed by atoms with Crippen LogP contribution in [0.3, 0.4) is 0 Å². The Bertz CT molecular complexity index is 553. The normalized spacial score (nSPS) is 39.5. The fourth-order valence-electron chi connectivity index (χ4n) is 4.24. The van der Waals surface area contributed by atoms with E-state index in [2.05, 4.69) is 5.32 Å². The van der Waals surface area contributed by atoms with Gasteiger partial charge >= 0.3 is 0 Å². The average Bonchev–Trinajstić information content (AvgIpc) is 3.32. The van der Waals surface area contributed by atoms with Gasteiger partial charge in [-0.05, 0) is 44.9 Å². The van der Waals surface area contributed by atoms with Gasteiger partial charge in [-0.25, -0.2) is 8.42 Å².